The lowest BCUT2D eigenvalue weighted by atomic mass is 9.98. The summed E-state index contributed by atoms with van der Waals surface area (Å²) in [6.07, 6.45) is 9.41. The lowest BCUT2D eigenvalue weighted by Gasteiger charge is -2.12. The minimum absolute atomic E-state index is 0.232. The van der Waals surface area contributed by atoms with E-state index in [2.05, 4.69) is 0 Å². The van der Waals surface area contributed by atoms with E-state index in [1.807, 2.05) is 6.07 Å². The summed E-state index contributed by atoms with van der Waals surface area (Å²) in [5.41, 5.74) is 1.38. The molecule has 0 radical (unpaired) electrons. The SMILES string of the molecule is COc1cc(OC)c2c(c1)C(CCCCCCCCCC(=O)CCC(C)O)OC2=O. The Morgan fingerprint density at radius 3 is 2.33 bits per heavy atom. The molecule has 0 fully saturated rings. The van der Waals surface area contributed by atoms with Crippen molar-refractivity contribution in [3.8, 4) is 11.5 Å². The van der Waals surface area contributed by atoms with Gasteiger partial charge in [0, 0.05) is 24.5 Å². The quantitative estimate of drug-likeness (QED) is 0.312. The van der Waals surface area contributed by atoms with Crippen LogP contribution in [0, 0.1) is 0 Å². The highest BCUT2D eigenvalue weighted by Crippen LogP contribution is 2.41. The number of Topliss-reactive ketones (excluding diaryl/α,β-unsaturated/α-hetero) is 1. The van der Waals surface area contributed by atoms with Crippen molar-refractivity contribution in [3.63, 3.8) is 0 Å². The van der Waals surface area contributed by atoms with Crippen molar-refractivity contribution in [3.05, 3.63) is 23.3 Å². The molecule has 1 aromatic rings. The van der Waals surface area contributed by atoms with Crippen molar-refractivity contribution in [1.82, 2.24) is 0 Å². The van der Waals surface area contributed by atoms with Crippen LogP contribution in [0.25, 0.3) is 0 Å². The molecule has 1 N–H and O–H groups in total. The van der Waals surface area contributed by atoms with Gasteiger partial charge in [-0.05, 0) is 38.7 Å². The fourth-order valence-corrected chi connectivity index (χ4v) is 3.86. The van der Waals surface area contributed by atoms with Gasteiger partial charge >= 0.3 is 5.97 Å². The second-order valence-corrected chi connectivity index (χ2v) is 8.13. The van der Waals surface area contributed by atoms with E-state index >= 15 is 0 Å². The van der Waals surface area contributed by atoms with Gasteiger partial charge in [-0.25, -0.2) is 4.79 Å². The van der Waals surface area contributed by atoms with E-state index in [0.717, 1.165) is 56.9 Å². The van der Waals surface area contributed by atoms with Crippen LogP contribution < -0.4 is 9.47 Å². The molecule has 2 atom stereocenters. The molecule has 1 aliphatic heterocycles. The first-order valence-electron chi connectivity index (χ1n) is 11.1. The minimum atomic E-state index is -0.390. The Bertz CT molecular complexity index is 697. The normalized spacial score (nSPS) is 16.1. The molecule has 2 rings (SSSR count). The molecule has 30 heavy (non-hydrogen) atoms. The third-order valence-electron chi connectivity index (χ3n) is 5.62. The van der Waals surface area contributed by atoms with E-state index in [1.54, 1.807) is 27.2 Å². The first-order valence-corrected chi connectivity index (χ1v) is 11.1. The highest BCUT2D eigenvalue weighted by molar-refractivity contribution is 5.97. The molecule has 6 nitrogen and oxygen atoms in total. The number of benzene rings is 1. The largest absolute Gasteiger partial charge is 0.497 e. The van der Waals surface area contributed by atoms with Gasteiger partial charge in [0.1, 0.15) is 28.9 Å². The average molecular weight is 421 g/mol. The van der Waals surface area contributed by atoms with Gasteiger partial charge in [0.15, 0.2) is 0 Å². The maximum absolute atomic E-state index is 12.2. The van der Waals surface area contributed by atoms with Crippen molar-refractivity contribution in [2.24, 2.45) is 0 Å². The predicted octanol–water partition coefficient (Wildman–Crippen LogP) is 5.16. The van der Waals surface area contributed by atoms with Crippen LogP contribution in [0.5, 0.6) is 11.5 Å². The van der Waals surface area contributed by atoms with Crippen LogP contribution in [0.2, 0.25) is 0 Å². The third kappa shape index (κ3) is 7.31. The fraction of sp³-hybridized carbons (Fsp3) is 0.667. The first kappa shape index (κ1) is 24.2. The summed E-state index contributed by atoms with van der Waals surface area (Å²) in [7, 11) is 3.14. The Morgan fingerprint density at radius 1 is 1.03 bits per heavy atom. The summed E-state index contributed by atoms with van der Waals surface area (Å²) < 4.78 is 16.2. The van der Waals surface area contributed by atoms with Gasteiger partial charge in [0.25, 0.3) is 0 Å². The standard InChI is InChI=1S/C24H36O6/c1-17(25)13-14-18(26)11-9-7-5-4-6-8-10-12-21-20-15-19(28-2)16-22(29-3)23(20)24(27)30-21/h15-17,21,25H,4-14H2,1-3H3. The molecule has 6 heteroatoms. The number of aliphatic hydroxyl groups excluding tert-OH is 1. The van der Waals surface area contributed by atoms with Gasteiger partial charge in [-0.2, -0.15) is 0 Å². The third-order valence-corrected chi connectivity index (χ3v) is 5.62. The Kier molecular flexibility index (Phi) is 10.1. The molecule has 0 aromatic heterocycles. The highest BCUT2D eigenvalue weighted by atomic mass is 16.6. The van der Waals surface area contributed by atoms with Crippen LogP contribution in [0.1, 0.15) is 99.6 Å². The minimum Gasteiger partial charge on any atom is -0.497 e. The lowest BCUT2D eigenvalue weighted by Crippen LogP contribution is -2.05. The lowest BCUT2D eigenvalue weighted by molar-refractivity contribution is -0.119. The molecule has 0 aliphatic carbocycles. The van der Waals surface area contributed by atoms with E-state index in [-0.39, 0.29) is 24.0 Å². The second-order valence-electron chi connectivity index (χ2n) is 8.13. The summed E-state index contributed by atoms with van der Waals surface area (Å²) in [4.78, 5) is 23.9. The summed E-state index contributed by atoms with van der Waals surface area (Å²) >= 11 is 0. The number of rotatable bonds is 15. The van der Waals surface area contributed by atoms with E-state index < -0.39 is 0 Å². The van der Waals surface area contributed by atoms with Crippen LogP contribution in [-0.2, 0) is 9.53 Å². The van der Waals surface area contributed by atoms with Crippen LogP contribution in [-0.4, -0.2) is 37.2 Å². The van der Waals surface area contributed by atoms with Gasteiger partial charge in [-0.1, -0.05) is 32.1 Å². The first-order chi connectivity index (χ1) is 14.5. The number of fused-ring (bicyclic) bond motifs is 1. The Labute approximate surface area is 179 Å². The number of ketones is 1. The smallest absolute Gasteiger partial charge is 0.342 e. The van der Waals surface area contributed by atoms with Gasteiger partial charge in [0.2, 0.25) is 0 Å². The molecule has 1 heterocycles. The number of hydrogen-bond acceptors (Lipinski definition) is 6. The van der Waals surface area contributed by atoms with Crippen molar-refractivity contribution in [2.75, 3.05) is 14.2 Å². The second kappa shape index (κ2) is 12.6. The van der Waals surface area contributed by atoms with E-state index in [4.69, 9.17) is 14.2 Å². The predicted molar refractivity (Wildman–Crippen MR) is 115 cm³/mol. The Morgan fingerprint density at radius 2 is 1.70 bits per heavy atom. The molecule has 168 valence electrons. The molecule has 0 saturated heterocycles. The molecule has 0 amide bonds. The van der Waals surface area contributed by atoms with Gasteiger partial charge in [0.05, 0.1) is 20.3 Å². The molecule has 0 saturated carbocycles. The van der Waals surface area contributed by atoms with Crippen LogP contribution in [0.4, 0.5) is 0 Å². The zero-order valence-corrected chi connectivity index (χ0v) is 18.6. The van der Waals surface area contributed by atoms with Gasteiger partial charge in [-0.3, -0.25) is 4.79 Å². The van der Waals surface area contributed by atoms with Crippen molar-refractivity contribution in [1.29, 1.82) is 0 Å². The maximum atomic E-state index is 12.2. The van der Waals surface area contributed by atoms with E-state index in [1.165, 1.54) is 0 Å². The van der Waals surface area contributed by atoms with Crippen LogP contribution in [0.3, 0.4) is 0 Å². The molecular weight excluding hydrogens is 384 g/mol. The molecule has 1 aliphatic rings. The van der Waals surface area contributed by atoms with Crippen molar-refractivity contribution in [2.45, 2.75) is 89.8 Å². The number of aliphatic hydroxyl groups is 1. The van der Waals surface area contributed by atoms with E-state index in [9.17, 15) is 14.7 Å². The molecule has 2 unspecified atom stereocenters. The number of ether oxygens (including phenoxy) is 3. The monoisotopic (exact) mass is 420 g/mol. The van der Waals surface area contributed by atoms with Crippen LogP contribution in [0.15, 0.2) is 12.1 Å². The number of cyclic esters (lactones) is 1. The van der Waals surface area contributed by atoms with E-state index in [0.29, 0.717) is 36.3 Å². The number of hydrogen-bond donors (Lipinski definition) is 1. The number of carbonyl (C=O) groups excluding carboxylic acids is 2. The Hall–Kier alpha value is -2.08. The zero-order valence-electron chi connectivity index (χ0n) is 18.6. The molecule has 0 bridgehead atoms. The Balaban J connectivity index is 1.61. The maximum Gasteiger partial charge on any atom is 0.342 e. The summed E-state index contributed by atoms with van der Waals surface area (Å²) in [5, 5.41) is 9.20. The summed E-state index contributed by atoms with van der Waals surface area (Å²) in [6.45, 7) is 1.72. The number of methoxy groups -OCH3 is 2. The van der Waals surface area contributed by atoms with Crippen molar-refractivity contribution < 1.29 is 28.9 Å². The average Bonchev–Trinajstić information content (AvgIpc) is 3.05. The van der Waals surface area contributed by atoms with Crippen LogP contribution >= 0.6 is 0 Å². The number of unbranched alkanes of at least 4 members (excludes halogenated alkanes) is 6. The molecule has 1 aromatic carbocycles. The van der Waals surface area contributed by atoms with Gasteiger partial charge in [-0.15, -0.1) is 0 Å². The summed E-state index contributed by atoms with van der Waals surface area (Å²) in [5.74, 6) is 1.10. The fourth-order valence-electron chi connectivity index (χ4n) is 3.86. The van der Waals surface area contributed by atoms with Crippen molar-refractivity contribution >= 4 is 11.8 Å². The molecule has 0 spiro atoms. The topological polar surface area (TPSA) is 82.1 Å². The number of esters is 1. The highest BCUT2D eigenvalue weighted by Gasteiger charge is 2.34. The zero-order chi connectivity index (χ0) is 21.9. The molecular formula is C24H36O6. The van der Waals surface area contributed by atoms with Gasteiger partial charge < -0.3 is 19.3 Å². The summed E-state index contributed by atoms with van der Waals surface area (Å²) in [6, 6.07) is 3.58. The number of carbonyl (C=O) groups is 2.